The quantitative estimate of drug-likeness (QED) is 0.218. The molecule has 0 atom stereocenters. The molecule has 0 radical (unpaired) electrons. The molecule has 0 spiro atoms. The monoisotopic (exact) mass is 144 g/mol. The molecule has 0 aliphatic carbocycles. The van der Waals surface area contributed by atoms with Crippen LogP contribution in [0.15, 0.2) is 6.20 Å². The molecule has 0 aromatic carbocycles. The van der Waals surface area contributed by atoms with Crippen molar-refractivity contribution < 1.29 is 9.77 Å². The van der Waals surface area contributed by atoms with Crippen molar-refractivity contribution in [1.29, 1.82) is 0 Å². The molecule has 1 heterocycles. The summed E-state index contributed by atoms with van der Waals surface area (Å²) in [6.45, 7) is 0. The molecule has 0 saturated heterocycles. The summed E-state index contributed by atoms with van der Waals surface area (Å²) in [5, 5.41) is 23.7. The van der Waals surface area contributed by atoms with Gasteiger partial charge in [-0.25, -0.2) is 0 Å². The first-order valence-corrected chi connectivity index (χ1v) is 2.39. The Labute approximate surface area is 55.2 Å². The van der Waals surface area contributed by atoms with Crippen molar-refractivity contribution in [3.63, 3.8) is 0 Å². The van der Waals surface area contributed by atoms with Gasteiger partial charge in [0.1, 0.15) is 0 Å². The Morgan fingerprint density at radius 2 is 2.50 bits per heavy atom. The number of rotatable bonds is 1. The van der Waals surface area contributed by atoms with Crippen molar-refractivity contribution in [2.24, 2.45) is 7.05 Å². The zero-order valence-corrected chi connectivity index (χ0v) is 5.09. The van der Waals surface area contributed by atoms with Gasteiger partial charge < -0.3 is 15.3 Å². The van der Waals surface area contributed by atoms with Gasteiger partial charge in [0, 0.05) is 0 Å². The van der Waals surface area contributed by atoms with E-state index in [1.807, 2.05) is 0 Å². The van der Waals surface area contributed by atoms with Gasteiger partial charge in [-0.1, -0.05) is 0 Å². The standard InChI is InChI=1S/C3H4N4O3/c1-5-4-3(7(9)10)2-6(5)8/h2H,1H3. The van der Waals surface area contributed by atoms with Crippen LogP contribution in [0.3, 0.4) is 0 Å². The molecule has 10 heavy (non-hydrogen) atoms. The molecule has 0 N–H and O–H groups in total. The maximum absolute atomic E-state index is 10.5. The van der Waals surface area contributed by atoms with Gasteiger partial charge in [0.15, 0.2) is 0 Å². The fraction of sp³-hybridized carbons (Fsp3) is 0.333. The van der Waals surface area contributed by atoms with E-state index in [0.29, 0.717) is 0 Å². The second-order valence-corrected chi connectivity index (χ2v) is 1.64. The molecule has 54 valence electrons. The Bertz CT molecular complexity index is 247. The zero-order valence-electron chi connectivity index (χ0n) is 5.09. The third-order valence-electron chi connectivity index (χ3n) is 0.945. The first kappa shape index (κ1) is 6.46. The molecule has 1 aromatic heterocycles. The van der Waals surface area contributed by atoms with Gasteiger partial charge in [0.05, 0.1) is 12.1 Å². The molecule has 0 saturated carbocycles. The van der Waals surface area contributed by atoms with E-state index >= 15 is 0 Å². The van der Waals surface area contributed by atoms with Gasteiger partial charge in [-0.15, -0.1) is 0 Å². The summed E-state index contributed by atoms with van der Waals surface area (Å²) in [7, 11) is 1.32. The van der Waals surface area contributed by atoms with Gasteiger partial charge in [0.25, 0.3) is 0 Å². The van der Waals surface area contributed by atoms with Gasteiger partial charge in [-0.05, 0) is 9.72 Å². The first-order valence-electron chi connectivity index (χ1n) is 2.39. The number of aromatic nitrogens is 3. The smallest absolute Gasteiger partial charge is 0.433 e. The lowest BCUT2D eigenvalue weighted by Crippen LogP contribution is -2.34. The van der Waals surface area contributed by atoms with Crippen molar-refractivity contribution in [2.45, 2.75) is 0 Å². The van der Waals surface area contributed by atoms with E-state index in [9.17, 15) is 15.3 Å². The largest absolute Gasteiger partial charge is 0.693 e. The van der Waals surface area contributed by atoms with Crippen LogP contribution in [-0.4, -0.2) is 14.8 Å². The Morgan fingerprint density at radius 1 is 1.90 bits per heavy atom. The molecule has 7 heteroatoms. The number of aryl methyl sites for hydroxylation is 1. The minimum atomic E-state index is -0.728. The lowest BCUT2D eigenvalue weighted by atomic mass is 10.8. The van der Waals surface area contributed by atoms with Crippen LogP contribution >= 0.6 is 0 Å². The highest BCUT2D eigenvalue weighted by Gasteiger charge is 2.13. The van der Waals surface area contributed by atoms with Gasteiger partial charge in [-0.3, -0.25) is 0 Å². The van der Waals surface area contributed by atoms with E-state index in [2.05, 4.69) is 5.10 Å². The third kappa shape index (κ3) is 0.879. The number of nitro groups is 1. The predicted octanol–water partition coefficient (Wildman–Crippen LogP) is -1.04. The van der Waals surface area contributed by atoms with Crippen LogP contribution in [0, 0.1) is 15.3 Å². The molecule has 0 bridgehead atoms. The Morgan fingerprint density at radius 3 is 2.70 bits per heavy atom. The first-order chi connectivity index (χ1) is 4.61. The van der Waals surface area contributed by atoms with E-state index in [0.717, 1.165) is 11.0 Å². The molecule has 0 aliphatic heterocycles. The van der Waals surface area contributed by atoms with E-state index in [1.165, 1.54) is 7.05 Å². The molecular weight excluding hydrogens is 140 g/mol. The number of nitrogens with zero attached hydrogens (tertiary/aromatic N) is 4. The van der Waals surface area contributed by atoms with Crippen molar-refractivity contribution in [2.75, 3.05) is 0 Å². The van der Waals surface area contributed by atoms with Crippen molar-refractivity contribution in [3.05, 3.63) is 21.5 Å². The fourth-order valence-electron chi connectivity index (χ4n) is 0.484. The molecule has 1 aromatic rings. The Kier molecular flexibility index (Phi) is 1.25. The molecule has 7 nitrogen and oxygen atoms in total. The topological polar surface area (TPSA) is 87.9 Å². The van der Waals surface area contributed by atoms with E-state index in [4.69, 9.17) is 0 Å². The summed E-state index contributed by atoms with van der Waals surface area (Å²) >= 11 is 0. The van der Waals surface area contributed by atoms with Gasteiger partial charge in [-0.2, -0.15) is 4.85 Å². The van der Waals surface area contributed by atoms with Crippen molar-refractivity contribution in [3.8, 4) is 0 Å². The van der Waals surface area contributed by atoms with Crippen LogP contribution in [0.4, 0.5) is 5.82 Å². The van der Waals surface area contributed by atoms with E-state index < -0.39 is 10.7 Å². The number of hydrogen-bond donors (Lipinski definition) is 0. The summed E-state index contributed by atoms with van der Waals surface area (Å²) in [5.41, 5.74) is 0. The summed E-state index contributed by atoms with van der Waals surface area (Å²) in [6.07, 6.45) is 0.792. The second kappa shape index (κ2) is 1.94. The van der Waals surface area contributed by atoms with Gasteiger partial charge in [0.2, 0.25) is 6.20 Å². The minimum Gasteiger partial charge on any atom is -0.693 e. The van der Waals surface area contributed by atoms with Crippen LogP contribution in [-0.2, 0) is 7.05 Å². The highest BCUT2D eigenvalue weighted by Crippen LogP contribution is 1.98. The van der Waals surface area contributed by atoms with Crippen LogP contribution in [0.25, 0.3) is 0 Å². The van der Waals surface area contributed by atoms with Gasteiger partial charge >= 0.3 is 5.82 Å². The summed E-state index contributed by atoms with van der Waals surface area (Å²) < 4.78 is 0. The number of hydrogen-bond acceptors (Lipinski definition) is 4. The highest BCUT2D eigenvalue weighted by atomic mass is 16.6. The van der Waals surface area contributed by atoms with Crippen molar-refractivity contribution in [1.82, 2.24) is 9.90 Å². The summed E-state index contributed by atoms with van der Waals surface area (Å²) in [6, 6.07) is 0. The minimum absolute atomic E-state index is 0.276. The Balaban J connectivity index is 3.10. The molecule has 0 aliphatic rings. The third-order valence-corrected chi connectivity index (χ3v) is 0.945. The summed E-state index contributed by atoms with van der Waals surface area (Å²) in [5.74, 6) is -0.447. The molecule has 0 amide bonds. The van der Waals surface area contributed by atoms with Crippen LogP contribution < -0.4 is 4.85 Å². The highest BCUT2D eigenvalue weighted by molar-refractivity contribution is 5.04. The van der Waals surface area contributed by atoms with E-state index in [-0.39, 0.29) is 4.85 Å². The fourth-order valence-corrected chi connectivity index (χ4v) is 0.484. The van der Waals surface area contributed by atoms with Crippen LogP contribution in [0.5, 0.6) is 0 Å². The van der Waals surface area contributed by atoms with Crippen LogP contribution in [0.2, 0.25) is 0 Å². The SMILES string of the molecule is Cn1nc([N+](=O)[O-])c[n+]1[O-]. The maximum Gasteiger partial charge on any atom is 0.433 e. The average Bonchev–Trinajstić information content (AvgIpc) is 2.13. The normalized spacial score (nSPS) is 9.70. The predicted molar refractivity (Wildman–Crippen MR) is 28.8 cm³/mol. The maximum atomic E-state index is 10.5. The summed E-state index contributed by atoms with van der Waals surface area (Å²) in [4.78, 5) is 10.3. The Hall–Kier alpha value is -1.66. The molecular formula is C3H4N4O3. The van der Waals surface area contributed by atoms with Crippen molar-refractivity contribution >= 4 is 5.82 Å². The lowest BCUT2D eigenvalue weighted by Gasteiger charge is -1.92. The van der Waals surface area contributed by atoms with E-state index in [1.54, 1.807) is 0 Å². The molecule has 1 rings (SSSR count). The average molecular weight is 144 g/mol. The molecule has 0 fully saturated rings. The lowest BCUT2D eigenvalue weighted by molar-refractivity contribution is -0.697. The zero-order chi connectivity index (χ0) is 7.72. The van der Waals surface area contributed by atoms with Crippen LogP contribution in [0.1, 0.15) is 0 Å². The second-order valence-electron chi connectivity index (χ2n) is 1.64. The molecule has 0 unspecified atom stereocenters.